The number of halogens is 3. The van der Waals surface area contributed by atoms with Gasteiger partial charge in [-0.3, -0.25) is 0 Å². The summed E-state index contributed by atoms with van der Waals surface area (Å²) in [6.07, 6.45) is 0. The van der Waals surface area contributed by atoms with Crippen LogP contribution in [0.1, 0.15) is 5.56 Å². The minimum absolute atomic E-state index is 0.821. The van der Waals surface area contributed by atoms with Gasteiger partial charge in [0.05, 0.1) is 5.02 Å². The molecule has 0 bridgehead atoms. The van der Waals surface area contributed by atoms with E-state index in [0.717, 1.165) is 13.1 Å². The topological polar surface area (TPSA) is 0 Å². The van der Waals surface area contributed by atoms with E-state index in [4.69, 9.17) is 11.6 Å². The third-order valence-electron chi connectivity index (χ3n) is 1.27. The summed E-state index contributed by atoms with van der Waals surface area (Å²) in [7, 11) is 0. The van der Waals surface area contributed by atoms with Gasteiger partial charge in [-0.15, -0.1) is 0 Å². The molecule has 0 aliphatic carbocycles. The molecule has 1 aromatic carbocycles. The van der Waals surface area contributed by atoms with E-state index in [-0.39, 0.29) is 0 Å². The summed E-state index contributed by atoms with van der Waals surface area (Å²) in [6.45, 7) is 2.04. The van der Waals surface area contributed by atoms with Crippen LogP contribution in [0.3, 0.4) is 0 Å². The molecule has 0 nitrogen and oxygen atoms in total. The molecule has 0 N–H and O–H groups in total. The number of hydrogen-bond donors (Lipinski definition) is 0. The van der Waals surface area contributed by atoms with Crippen LogP contribution >= 0.6 is 50.1 Å². The first-order valence-corrected chi connectivity index (χ1v) is 4.98. The zero-order valence-corrected chi connectivity index (χ0v) is 9.79. The van der Waals surface area contributed by atoms with Crippen LogP contribution in [0.5, 0.6) is 0 Å². The van der Waals surface area contributed by atoms with Gasteiger partial charge in [-0.1, -0.05) is 27.5 Å². The van der Waals surface area contributed by atoms with Crippen LogP contribution in [0.2, 0.25) is 5.02 Å². The molecule has 0 unspecified atom stereocenters. The predicted octanol–water partition coefficient (Wildman–Crippen LogP) is 4.02. The Balaban J connectivity index is 3.34. The molecule has 1 rings (SSSR count). The quantitative estimate of drug-likeness (QED) is 0.498. The molecule has 0 radical (unpaired) electrons. The fourth-order valence-corrected chi connectivity index (χ4v) is 2.00. The molecule has 3 heteroatoms. The van der Waals surface area contributed by atoms with Crippen molar-refractivity contribution in [2.75, 3.05) is 0 Å². The number of rotatable bonds is 0. The van der Waals surface area contributed by atoms with Gasteiger partial charge in [0.25, 0.3) is 0 Å². The van der Waals surface area contributed by atoms with Crippen LogP contribution in [0, 0.1) is 10.5 Å². The zero-order chi connectivity index (χ0) is 7.72. The average molecular weight is 331 g/mol. The summed E-state index contributed by atoms with van der Waals surface area (Å²) >= 11 is 11.5. The van der Waals surface area contributed by atoms with Gasteiger partial charge in [-0.2, -0.15) is 0 Å². The van der Waals surface area contributed by atoms with Crippen molar-refractivity contribution in [2.45, 2.75) is 6.92 Å². The lowest BCUT2D eigenvalue weighted by Crippen LogP contribution is -1.82. The van der Waals surface area contributed by atoms with Crippen LogP contribution in [0.15, 0.2) is 16.6 Å². The third kappa shape index (κ3) is 1.66. The molecule has 1 aromatic rings. The van der Waals surface area contributed by atoms with Crippen molar-refractivity contribution in [3.05, 3.63) is 30.8 Å². The molecule has 10 heavy (non-hydrogen) atoms. The highest BCUT2D eigenvalue weighted by Crippen LogP contribution is 2.27. The summed E-state index contributed by atoms with van der Waals surface area (Å²) in [6, 6.07) is 3.85. The Hall–Kier alpha value is 0.720. The van der Waals surface area contributed by atoms with Gasteiger partial charge in [0.15, 0.2) is 0 Å². The lowest BCUT2D eigenvalue weighted by Gasteiger charge is -2.01. The molecule has 0 fully saturated rings. The molecular weight excluding hydrogens is 326 g/mol. The van der Waals surface area contributed by atoms with Crippen molar-refractivity contribution < 1.29 is 0 Å². The molecule has 0 saturated carbocycles. The Kier molecular flexibility index (Phi) is 3.01. The fourth-order valence-electron chi connectivity index (χ4n) is 0.628. The summed E-state index contributed by atoms with van der Waals surface area (Å²) in [5.41, 5.74) is 1.20. The van der Waals surface area contributed by atoms with Gasteiger partial charge in [-0.05, 0) is 47.2 Å². The summed E-state index contributed by atoms with van der Waals surface area (Å²) < 4.78 is 2.23. The maximum absolute atomic E-state index is 5.86. The van der Waals surface area contributed by atoms with Gasteiger partial charge in [0, 0.05) is 8.04 Å². The smallest absolute Gasteiger partial charge is 0.0542 e. The van der Waals surface area contributed by atoms with Gasteiger partial charge in [0.2, 0.25) is 0 Å². The Morgan fingerprint density at radius 2 is 2.10 bits per heavy atom. The number of benzene rings is 1. The van der Waals surface area contributed by atoms with Crippen molar-refractivity contribution in [1.82, 2.24) is 0 Å². The first kappa shape index (κ1) is 8.81. The molecule has 0 amide bonds. The second kappa shape index (κ2) is 3.41. The van der Waals surface area contributed by atoms with E-state index in [1.165, 1.54) is 5.56 Å². The maximum Gasteiger partial charge on any atom is 0.0542 e. The van der Waals surface area contributed by atoms with Crippen molar-refractivity contribution in [3.8, 4) is 0 Å². The van der Waals surface area contributed by atoms with Gasteiger partial charge < -0.3 is 0 Å². The van der Waals surface area contributed by atoms with Crippen LogP contribution < -0.4 is 0 Å². The van der Waals surface area contributed by atoms with Crippen LogP contribution in [0.4, 0.5) is 0 Å². The third-order valence-corrected chi connectivity index (χ3v) is 4.16. The van der Waals surface area contributed by atoms with Crippen molar-refractivity contribution in [1.29, 1.82) is 0 Å². The molecule has 0 spiro atoms. The predicted molar refractivity (Wildman–Crippen MR) is 56.6 cm³/mol. The van der Waals surface area contributed by atoms with E-state index in [0.29, 0.717) is 0 Å². The summed E-state index contributed by atoms with van der Waals surface area (Å²) in [5.74, 6) is 0. The Bertz CT molecular complexity index is 233. The first-order chi connectivity index (χ1) is 4.63. The van der Waals surface area contributed by atoms with Gasteiger partial charge in [-0.25, -0.2) is 0 Å². The molecule has 0 saturated heterocycles. The SMILES string of the molecule is Cc1c(Br)ccc(Cl)c1I. The Morgan fingerprint density at radius 1 is 1.50 bits per heavy atom. The fraction of sp³-hybridized carbons (Fsp3) is 0.143. The second-order valence-electron chi connectivity index (χ2n) is 1.97. The Morgan fingerprint density at radius 3 is 2.60 bits per heavy atom. The molecule has 54 valence electrons. The lowest BCUT2D eigenvalue weighted by molar-refractivity contribution is 1.39. The maximum atomic E-state index is 5.86. The van der Waals surface area contributed by atoms with E-state index < -0.39 is 0 Å². The van der Waals surface area contributed by atoms with Crippen LogP contribution in [-0.2, 0) is 0 Å². The molecular formula is C7H5BrClI. The number of hydrogen-bond acceptors (Lipinski definition) is 0. The minimum atomic E-state index is 0.821. The van der Waals surface area contributed by atoms with Crippen molar-refractivity contribution in [2.24, 2.45) is 0 Å². The molecule has 0 aliphatic rings. The largest absolute Gasteiger partial charge is 0.0832 e. The van der Waals surface area contributed by atoms with Crippen molar-refractivity contribution >= 4 is 50.1 Å². The zero-order valence-electron chi connectivity index (χ0n) is 5.29. The van der Waals surface area contributed by atoms with Gasteiger partial charge in [0.1, 0.15) is 0 Å². The standard InChI is InChI=1S/C7H5BrClI/c1-4-5(8)2-3-6(9)7(4)10/h2-3H,1H3. The highest BCUT2D eigenvalue weighted by Gasteiger charge is 2.02. The Labute approximate surface area is 87.2 Å². The minimum Gasteiger partial charge on any atom is -0.0832 e. The summed E-state index contributed by atoms with van der Waals surface area (Å²) in [5, 5.41) is 0.821. The van der Waals surface area contributed by atoms with Crippen LogP contribution in [0.25, 0.3) is 0 Å². The van der Waals surface area contributed by atoms with Gasteiger partial charge >= 0.3 is 0 Å². The first-order valence-electron chi connectivity index (χ1n) is 2.73. The molecule has 0 heterocycles. The monoisotopic (exact) mass is 330 g/mol. The highest BCUT2D eigenvalue weighted by molar-refractivity contribution is 14.1. The van der Waals surface area contributed by atoms with E-state index >= 15 is 0 Å². The molecule has 0 aliphatic heterocycles. The molecule has 0 atom stereocenters. The van der Waals surface area contributed by atoms with Crippen molar-refractivity contribution in [3.63, 3.8) is 0 Å². The van der Waals surface area contributed by atoms with Crippen LogP contribution in [-0.4, -0.2) is 0 Å². The van der Waals surface area contributed by atoms with E-state index in [9.17, 15) is 0 Å². The lowest BCUT2D eigenvalue weighted by atomic mass is 10.2. The average Bonchev–Trinajstić information content (AvgIpc) is 1.93. The highest BCUT2D eigenvalue weighted by atomic mass is 127. The summed E-state index contributed by atoms with van der Waals surface area (Å²) in [4.78, 5) is 0. The van der Waals surface area contributed by atoms with E-state index in [1.807, 2.05) is 19.1 Å². The second-order valence-corrected chi connectivity index (χ2v) is 4.31. The normalized spacial score (nSPS) is 10.0. The molecule has 0 aromatic heterocycles. The van der Waals surface area contributed by atoms with E-state index in [1.54, 1.807) is 0 Å². The van der Waals surface area contributed by atoms with E-state index in [2.05, 4.69) is 38.5 Å².